The molecule has 13 heteroatoms. The summed E-state index contributed by atoms with van der Waals surface area (Å²) in [6, 6.07) is 6.61. The highest BCUT2D eigenvalue weighted by Crippen LogP contribution is 2.43. The Morgan fingerprint density at radius 2 is 1.88 bits per heavy atom. The number of rotatable bonds is 5. The van der Waals surface area contributed by atoms with E-state index in [4.69, 9.17) is 0 Å². The second kappa shape index (κ2) is 11.6. The second-order valence-corrected chi connectivity index (χ2v) is 10.6. The molecule has 2 aromatic carbocycles. The van der Waals surface area contributed by atoms with Gasteiger partial charge in [-0.05, 0) is 81.4 Å². The molecule has 3 aliphatic heterocycles. The first-order chi connectivity index (χ1) is 18.9. The third-order valence-corrected chi connectivity index (χ3v) is 8.07. The molecule has 5 rings (SSSR count). The number of aliphatic hydroxyl groups is 1. The molecule has 0 bridgehead atoms. The molecular weight excluding hydrogens is 571 g/mol. The van der Waals surface area contributed by atoms with E-state index >= 15 is 0 Å². The van der Waals surface area contributed by atoms with Crippen molar-refractivity contribution in [2.45, 2.75) is 56.8 Å². The molecule has 3 aliphatic rings. The Balaban J connectivity index is 0.00000387. The Morgan fingerprint density at radius 3 is 2.56 bits per heavy atom. The number of carbonyl (C=O) groups is 2. The van der Waals surface area contributed by atoms with Crippen molar-refractivity contribution >= 4 is 29.9 Å². The molecule has 7 nitrogen and oxygen atoms in total. The highest BCUT2D eigenvalue weighted by molar-refractivity contribution is 6.23. The summed E-state index contributed by atoms with van der Waals surface area (Å²) in [6.07, 6.45) is -2.54. The highest BCUT2D eigenvalue weighted by atomic mass is 35.5. The Kier molecular flexibility index (Phi) is 8.68. The van der Waals surface area contributed by atoms with Gasteiger partial charge in [0, 0.05) is 17.8 Å². The molecule has 2 amide bonds. The maximum absolute atomic E-state index is 14.5. The van der Waals surface area contributed by atoms with Crippen molar-refractivity contribution < 1.29 is 36.6 Å². The van der Waals surface area contributed by atoms with Gasteiger partial charge in [-0.2, -0.15) is 13.2 Å². The van der Waals surface area contributed by atoms with Crippen LogP contribution in [0.2, 0.25) is 0 Å². The summed E-state index contributed by atoms with van der Waals surface area (Å²) in [5, 5.41) is 19.6. The minimum Gasteiger partial charge on any atom is -0.509 e. The summed E-state index contributed by atoms with van der Waals surface area (Å²) in [7, 11) is 0. The third kappa shape index (κ3) is 5.64. The number of hydrogen-bond acceptors (Lipinski definition) is 5. The number of carbonyl (C=O) groups excluding carboxylic acids is 2. The number of piperidine rings is 1. The fourth-order valence-corrected chi connectivity index (χ4v) is 5.89. The van der Waals surface area contributed by atoms with Gasteiger partial charge in [0.2, 0.25) is 0 Å². The van der Waals surface area contributed by atoms with Crippen LogP contribution in [0.1, 0.15) is 55.2 Å². The number of fused-ring (bicyclic) bond motifs is 1. The van der Waals surface area contributed by atoms with Crippen molar-refractivity contribution in [2.24, 2.45) is 0 Å². The van der Waals surface area contributed by atoms with Crippen molar-refractivity contribution in [3.8, 4) is 0 Å². The zero-order valence-electron chi connectivity index (χ0n) is 22.2. The fourth-order valence-electron chi connectivity index (χ4n) is 5.89. The first kappa shape index (κ1) is 30.7. The zero-order valence-corrected chi connectivity index (χ0v) is 23.0. The van der Waals surface area contributed by atoms with Crippen molar-refractivity contribution in [1.82, 2.24) is 15.3 Å². The van der Waals surface area contributed by atoms with Crippen molar-refractivity contribution in [2.75, 3.05) is 25.0 Å². The molecule has 0 unspecified atom stereocenters. The lowest BCUT2D eigenvalue weighted by Gasteiger charge is -2.46. The minimum atomic E-state index is -4.59. The van der Waals surface area contributed by atoms with E-state index in [1.165, 1.54) is 12.1 Å². The van der Waals surface area contributed by atoms with Gasteiger partial charge in [0.05, 0.1) is 17.6 Å². The molecule has 0 aliphatic carbocycles. The molecule has 2 aromatic rings. The van der Waals surface area contributed by atoms with E-state index in [2.05, 4.69) is 10.6 Å². The number of amides is 2. The van der Waals surface area contributed by atoms with Gasteiger partial charge in [-0.1, -0.05) is 12.1 Å². The molecule has 41 heavy (non-hydrogen) atoms. The summed E-state index contributed by atoms with van der Waals surface area (Å²) in [6.45, 7) is 2.78. The van der Waals surface area contributed by atoms with Crippen LogP contribution in [0.25, 0.3) is 0 Å². The Hall–Kier alpha value is -3.22. The van der Waals surface area contributed by atoms with Gasteiger partial charge in [-0.15, -0.1) is 12.4 Å². The molecule has 0 radical (unpaired) electrons. The van der Waals surface area contributed by atoms with Gasteiger partial charge < -0.3 is 15.7 Å². The van der Waals surface area contributed by atoms with Crippen LogP contribution in [0.3, 0.4) is 0 Å². The largest absolute Gasteiger partial charge is 0.509 e. The number of halogens is 6. The van der Waals surface area contributed by atoms with Crippen molar-refractivity contribution in [1.29, 1.82) is 0 Å². The predicted molar refractivity (Wildman–Crippen MR) is 143 cm³/mol. The van der Waals surface area contributed by atoms with Crippen LogP contribution in [0.5, 0.6) is 0 Å². The zero-order chi connectivity index (χ0) is 28.8. The number of aliphatic hydroxyl groups excluding tert-OH is 1. The number of hydrogen-bond donors (Lipinski definition) is 3. The molecule has 0 aromatic heterocycles. The smallest absolute Gasteiger partial charge is 0.416 e. The maximum atomic E-state index is 14.5. The SMILES string of the molecule is C[C@]12CCCN1N(Cc1cccc(F)c1F)C(=O)C(C(=O)Nc1ccc(C(F)(F)F)cc1C1CCNCC1)=C2O.Cl. The molecule has 222 valence electrons. The standard InChI is InChI=1S/C28H29F5N4O3.ClH/c1-27-10-3-13-37(27)36(15-17-4-2-5-20(29)23(17)30)26(40)22(24(27)38)25(39)35-21-7-6-18(28(31,32)33)14-19(21)16-8-11-34-12-9-16;/h2,4-7,14,16,34,38H,3,8-13,15H2,1H3,(H,35,39);1H/t27-;/m1./s1. The van der Waals surface area contributed by atoms with Crippen LogP contribution in [0, 0.1) is 11.6 Å². The van der Waals surface area contributed by atoms with Gasteiger partial charge in [-0.3, -0.25) is 14.6 Å². The Morgan fingerprint density at radius 1 is 1.17 bits per heavy atom. The Labute approximate surface area is 239 Å². The minimum absolute atomic E-state index is 0. The summed E-state index contributed by atoms with van der Waals surface area (Å²) in [5.74, 6) is -4.87. The number of anilines is 1. The normalized spacial score (nSPS) is 22.0. The summed E-state index contributed by atoms with van der Waals surface area (Å²) in [5.41, 5.74) is -2.32. The van der Waals surface area contributed by atoms with Gasteiger partial charge in [0.15, 0.2) is 11.6 Å². The average molecular weight is 601 g/mol. The lowest BCUT2D eigenvalue weighted by molar-refractivity contribution is -0.160. The van der Waals surface area contributed by atoms with Crippen LogP contribution in [0.4, 0.5) is 27.6 Å². The van der Waals surface area contributed by atoms with Gasteiger partial charge in [0.1, 0.15) is 11.3 Å². The first-order valence-corrected chi connectivity index (χ1v) is 13.1. The maximum Gasteiger partial charge on any atom is 0.416 e. The van der Waals surface area contributed by atoms with Crippen molar-refractivity contribution in [3.63, 3.8) is 0 Å². The van der Waals surface area contributed by atoms with E-state index in [1.807, 2.05) is 0 Å². The molecule has 3 N–H and O–H groups in total. The molecule has 2 saturated heterocycles. The van der Waals surface area contributed by atoms with Crippen LogP contribution >= 0.6 is 12.4 Å². The van der Waals surface area contributed by atoms with E-state index in [0.29, 0.717) is 50.9 Å². The van der Waals surface area contributed by atoms with Crippen molar-refractivity contribution in [3.05, 3.63) is 76.1 Å². The van der Waals surface area contributed by atoms with Crippen LogP contribution in [-0.4, -0.2) is 52.1 Å². The summed E-state index contributed by atoms with van der Waals surface area (Å²) >= 11 is 0. The average Bonchev–Trinajstić information content (AvgIpc) is 3.32. The lowest BCUT2D eigenvalue weighted by atomic mass is 9.87. The molecular formula is C28H30ClF5N4O3. The number of nitrogens with zero attached hydrogens (tertiary/aromatic N) is 2. The second-order valence-electron chi connectivity index (χ2n) is 10.6. The number of alkyl halides is 3. The summed E-state index contributed by atoms with van der Waals surface area (Å²) in [4.78, 5) is 27.2. The van der Waals surface area contributed by atoms with Gasteiger partial charge in [-0.25, -0.2) is 13.8 Å². The monoisotopic (exact) mass is 600 g/mol. The first-order valence-electron chi connectivity index (χ1n) is 13.1. The van der Waals surface area contributed by atoms with Crippen LogP contribution in [0.15, 0.2) is 47.7 Å². The fraction of sp³-hybridized carbons (Fsp3) is 0.429. The van der Waals surface area contributed by atoms with E-state index in [-0.39, 0.29) is 36.1 Å². The topological polar surface area (TPSA) is 84.9 Å². The van der Waals surface area contributed by atoms with Gasteiger partial charge >= 0.3 is 6.18 Å². The van der Waals surface area contributed by atoms with E-state index in [0.717, 1.165) is 29.3 Å². The van der Waals surface area contributed by atoms with E-state index < -0.39 is 52.1 Å². The number of hydrazine groups is 1. The molecule has 2 fully saturated rings. The van der Waals surface area contributed by atoms with Crippen LogP contribution < -0.4 is 10.6 Å². The summed E-state index contributed by atoms with van der Waals surface area (Å²) < 4.78 is 69.0. The molecule has 1 atom stereocenters. The van der Waals surface area contributed by atoms with Crippen LogP contribution in [-0.2, 0) is 22.3 Å². The Bertz CT molecular complexity index is 1380. The third-order valence-electron chi connectivity index (χ3n) is 8.07. The lowest BCUT2D eigenvalue weighted by Crippen LogP contribution is -2.60. The quantitative estimate of drug-likeness (QED) is 0.315. The van der Waals surface area contributed by atoms with E-state index in [1.54, 1.807) is 11.9 Å². The number of nitrogens with one attached hydrogen (secondary N) is 2. The van der Waals surface area contributed by atoms with E-state index in [9.17, 15) is 36.6 Å². The highest BCUT2D eigenvalue weighted by Gasteiger charge is 2.52. The number of benzene rings is 2. The molecule has 0 spiro atoms. The predicted octanol–water partition coefficient (Wildman–Crippen LogP) is 5.43. The van der Waals surface area contributed by atoms with Gasteiger partial charge in [0.25, 0.3) is 11.8 Å². The molecule has 3 heterocycles. The molecule has 0 saturated carbocycles.